The molecule has 12 heavy (non-hydrogen) atoms. The molecule has 0 amide bonds. The number of hydrogen-bond donors (Lipinski definition) is 0. The van der Waals surface area contributed by atoms with Gasteiger partial charge in [0.2, 0.25) is 0 Å². The van der Waals surface area contributed by atoms with Gasteiger partial charge >= 0.3 is 0 Å². The molecule has 4 atom stereocenters. The fourth-order valence-electron chi connectivity index (χ4n) is 3.15. The Kier molecular flexibility index (Phi) is 2.25. The van der Waals surface area contributed by atoms with Crippen molar-refractivity contribution in [3.63, 3.8) is 0 Å². The molecule has 0 heteroatoms. The SMILES string of the molecule is CCCC(C)C1CC2C=CC1C2. The van der Waals surface area contributed by atoms with Gasteiger partial charge < -0.3 is 0 Å². The standard InChI is InChI=1S/C12H20/c1-3-4-9(2)12-8-10-5-6-11(12)7-10/h5-6,9-12H,3-4,7-8H2,1-2H3. The topological polar surface area (TPSA) is 0 Å². The molecule has 1 fully saturated rings. The number of rotatable bonds is 3. The molecule has 0 spiro atoms. The van der Waals surface area contributed by atoms with Crippen molar-refractivity contribution >= 4 is 0 Å². The van der Waals surface area contributed by atoms with Gasteiger partial charge in [0, 0.05) is 0 Å². The largest absolute Gasteiger partial charge is 0.0851 e. The van der Waals surface area contributed by atoms with E-state index in [4.69, 9.17) is 0 Å². The summed E-state index contributed by atoms with van der Waals surface area (Å²) in [6, 6.07) is 0. The van der Waals surface area contributed by atoms with Crippen LogP contribution in [0.1, 0.15) is 39.5 Å². The van der Waals surface area contributed by atoms with Crippen LogP contribution in [0.5, 0.6) is 0 Å². The Morgan fingerprint density at radius 2 is 2.17 bits per heavy atom. The minimum absolute atomic E-state index is 0.955. The van der Waals surface area contributed by atoms with Crippen LogP contribution in [0, 0.1) is 23.7 Å². The van der Waals surface area contributed by atoms with Crippen LogP contribution in [-0.2, 0) is 0 Å². The zero-order valence-electron chi connectivity index (χ0n) is 8.29. The second-order valence-corrected chi connectivity index (χ2v) is 4.71. The lowest BCUT2D eigenvalue weighted by Gasteiger charge is -2.24. The molecule has 0 nitrogen and oxygen atoms in total. The van der Waals surface area contributed by atoms with E-state index in [1.165, 1.54) is 25.7 Å². The van der Waals surface area contributed by atoms with E-state index in [1.807, 2.05) is 0 Å². The first-order valence-corrected chi connectivity index (χ1v) is 5.49. The summed E-state index contributed by atoms with van der Waals surface area (Å²) in [6.45, 7) is 4.75. The number of allylic oxidation sites excluding steroid dienone is 2. The molecule has 2 bridgehead atoms. The predicted octanol–water partition coefficient (Wildman–Crippen LogP) is 3.63. The van der Waals surface area contributed by atoms with Crippen molar-refractivity contribution in [2.24, 2.45) is 23.7 Å². The summed E-state index contributed by atoms with van der Waals surface area (Å²) in [6.07, 6.45) is 10.7. The van der Waals surface area contributed by atoms with Crippen LogP contribution in [0.3, 0.4) is 0 Å². The van der Waals surface area contributed by atoms with Gasteiger partial charge in [0.05, 0.1) is 0 Å². The molecular formula is C12H20. The Labute approximate surface area is 76.1 Å². The highest BCUT2D eigenvalue weighted by molar-refractivity contribution is 5.10. The van der Waals surface area contributed by atoms with E-state index in [0.717, 1.165) is 23.7 Å². The van der Waals surface area contributed by atoms with E-state index in [0.29, 0.717) is 0 Å². The first-order valence-electron chi connectivity index (χ1n) is 5.49. The van der Waals surface area contributed by atoms with Crippen molar-refractivity contribution in [1.82, 2.24) is 0 Å². The van der Waals surface area contributed by atoms with Crippen LogP contribution in [0.4, 0.5) is 0 Å². The van der Waals surface area contributed by atoms with E-state index in [1.54, 1.807) is 0 Å². The van der Waals surface area contributed by atoms with E-state index < -0.39 is 0 Å². The lowest BCUT2D eigenvalue weighted by Crippen LogP contribution is -2.16. The molecule has 0 N–H and O–H groups in total. The third kappa shape index (κ3) is 1.32. The van der Waals surface area contributed by atoms with Crippen molar-refractivity contribution in [1.29, 1.82) is 0 Å². The summed E-state index contributed by atoms with van der Waals surface area (Å²) < 4.78 is 0. The zero-order chi connectivity index (χ0) is 8.55. The van der Waals surface area contributed by atoms with Crippen LogP contribution in [0.2, 0.25) is 0 Å². The summed E-state index contributed by atoms with van der Waals surface area (Å²) in [7, 11) is 0. The Balaban J connectivity index is 1.93. The van der Waals surface area contributed by atoms with Gasteiger partial charge in [-0.05, 0) is 36.5 Å². The van der Waals surface area contributed by atoms with Gasteiger partial charge in [-0.1, -0.05) is 38.8 Å². The molecule has 0 aromatic carbocycles. The second-order valence-electron chi connectivity index (χ2n) is 4.71. The van der Waals surface area contributed by atoms with Crippen LogP contribution >= 0.6 is 0 Å². The third-order valence-electron chi connectivity index (χ3n) is 3.81. The molecule has 0 aromatic heterocycles. The lowest BCUT2D eigenvalue weighted by molar-refractivity contribution is 0.291. The molecule has 0 saturated heterocycles. The summed E-state index contributed by atoms with van der Waals surface area (Å²) >= 11 is 0. The third-order valence-corrected chi connectivity index (χ3v) is 3.81. The van der Waals surface area contributed by atoms with Gasteiger partial charge in [0.1, 0.15) is 0 Å². The highest BCUT2D eigenvalue weighted by Crippen LogP contribution is 2.47. The molecule has 2 aliphatic carbocycles. The molecular weight excluding hydrogens is 144 g/mol. The molecule has 0 aliphatic heterocycles. The molecule has 0 radical (unpaired) electrons. The van der Waals surface area contributed by atoms with E-state index in [-0.39, 0.29) is 0 Å². The van der Waals surface area contributed by atoms with Crippen LogP contribution in [0.25, 0.3) is 0 Å². The first-order chi connectivity index (χ1) is 5.81. The lowest BCUT2D eigenvalue weighted by atomic mass is 9.81. The summed E-state index contributed by atoms with van der Waals surface area (Å²) in [5, 5.41) is 0. The fourth-order valence-corrected chi connectivity index (χ4v) is 3.15. The van der Waals surface area contributed by atoms with Gasteiger partial charge in [0.25, 0.3) is 0 Å². The maximum absolute atomic E-state index is 2.48. The average Bonchev–Trinajstić information content (AvgIpc) is 2.64. The van der Waals surface area contributed by atoms with Crippen molar-refractivity contribution < 1.29 is 0 Å². The maximum atomic E-state index is 2.48. The average molecular weight is 164 g/mol. The van der Waals surface area contributed by atoms with E-state index in [9.17, 15) is 0 Å². The molecule has 1 saturated carbocycles. The Hall–Kier alpha value is -0.260. The predicted molar refractivity (Wildman–Crippen MR) is 52.9 cm³/mol. The van der Waals surface area contributed by atoms with E-state index in [2.05, 4.69) is 26.0 Å². The van der Waals surface area contributed by atoms with Gasteiger partial charge in [-0.25, -0.2) is 0 Å². The summed E-state index contributed by atoms with van der Waals surface area (Å²) in [4.78, 5) is 0. The number of fused-ring (bicyclic) bond motifs is 2. The van der Waals surface area contributed by atoms with Gasteiger partial charge in [-0.2, -0.15) is 0 Å². The molecule has 0 aromatic rings. The van der Waals surface area contributed by atoms with Crippen molar-refractivity contribution in [3.8, 4) is 0 Å². The van der Waals surface area contributed by atoms with Crippen LogP contribution in [0.15, 0.2) is 12.2 Å². The fraction of sp³-hybridized carbons (Fsp3) is 0.833. The van der Waals surface area contributed by atoms with Crippen LogP contribution < -0.4 is 0 Å². The Morgan fingerprint density at radius 3 is 2.67 bits per heavy atom. The normalized spacial score (nSPS) is 40.7. The van der Waals surface area contributed by atoms with Gasteiger partial charge in [-0.15, -0.1) is 0 Å². The van der Waals surface area contributed by atoms with Gasteiger partial charge in [-0.3, -0.25) is 0 Å². The minimum Gasteiger partial charge on any atom is -0.0851 e. The second kappa shape index (κ2) is 3.24. The smallest absolute Gasteiger partial charge is 0.0197 e. The quantitative estimate of drug-likeness (QED) is 0.559. The van der Waals surface area contributed by atoms with E-state index >= 15 is 0 Å². The minimum atomic E-state index is 0.955. The van der Waals surface area contributed by atoms with Gasteiger partial charge in [0.15, 0.2) is 0 Å². The monoisotopic (exact) mass is 164 g/mol. The summed E-state index contributed by atoms with van der Waals surface area (Å²) in [5.74, 6) is 3.91. The Bertz CT molecular complexity index is 180. The molecule has 2 aliphatic rings. The molecule has 0 heterocycles. The van der Waals surface area contributed by atoms with Crippen LogP contribution in [-0.4, -0.2) is 0 Å². The molecule has 4 unspecified atom stereocenters. The highest BCUT2D eigenvalue weighted by Gasteiger charge is 2.37. The van der Waals surface area contributed by atoms with Crippen molar-refractivity contribution in [2.75, 3.05) is 0 Å². The number of hydrogen-bond acceptors (Lipinski definition) is 0. The zero-order valence-corrected chi connectivity index (χ0v) is 8.29. The van der Waals surface area contributed by atoms with Crippen molar-refractivity contribution in [3.05, 3.63) is 12.2 Å². The molecule has 68 valence electrons. The first kappa shape index (κ1) is 8.34. The Morgan fingerprint density at radius 1 is 1.33 bits per heavy atom. The van der Waals surface area contributed by atoms with Crippen molar-refractivity contribution in [2.45, 2.75) is 39.5 Å². The summed E-state index contributed by atoms with van der Waals surface area (Å²) in [5.41, 5.74) is 0. The molecule has 2 rings (SSSR count). The maximum Gasteiger partial charge on any atom is -0.0197 e. The highest BCUT2D eigenvalue weighted by atomic mass is 14.4.